The molecule has 0 unspecified atom stereocenters. The third-order valence-electron chi connectivity index (χ3n) is 4.31. The molecule has 1 aromatic carbocycles. The average molecular weight is 365 g/mol. The van der Waals surface area contributed by atoms with Crippen molar-refractivity contribution in [2.45, 2.75) is 4.90 Å². The maximum absolute atomic E-state index is 12.1. The highest BCUT2D eigenvalue weighted by atomic mass is 32.2. The molecule has 0 saturated carbocycles. The summed E-state index contributed by atoms with van der Waals surface area (Å²) in [6, 6.07) is 6.66. The van der Waals surface area contributed by atoms with Gasteiger partial charge in [-0.3, -0.25) is 9.69 Å². The van der Waals surface area contributed by atoms with Crippen molar-refractivity contribution in [1.82, 2.24) is 20.4 Å². The van der Waals surface area contributed by atoms with Gasteiger partial charge in [0.15, 0.2) is 5.84 Å². The van der Waals surface area contributed by atoms with Gasteiger partial charge in [-0.05, 0) is 12.1 Å². The molecule has 25 heavy (non-hydrogen) atoms. The van der Waals surface area contributed by atoms with Crippen LogP contribution in [0.4, 0.5) is 0 Å². The maximum atomic E-state index is 12.1. The molecule has 0 aliphatic carbocycles. The zero-order valence-electron chi connectivity index (χ0n) is 14.2. The molecule has 1 fully saturated rings. The van der Waals surface area contributed by atoms with Gasteiger partial charge in [-0.15, -0.1) is 4.40 Å². The lowest BCUT2D eigenvalue weighted by Gasteiger charge is -2.27. The number of hydrogen-bond acceptors (Lipinski definition) is 6. The highest BCUT2D eigenvalue weighted by molar-refractivity contribution is 7.90. The van der Waals surface area contributed by atoms with Crippen molar-refractivity contribution in [2.24, 2.45) is 4.40 Å². The number of nitrogens with zero attached hydrogens (tertiary/aromatic N) is 3. The number of carbonyl (C=O) groups excluding carboxylic acids is 1. The van der Waals surface area contributed by atoms with E-state index in [-0.39, 0.29) is 17.3 Å². The van der Waals surface area contributed by atoms with Crippen molar-refractivity contribution in [3.63, 3.8) is 0 Å². The van der Waals surface area contributed by atoms with Gasteiger partial charge in [0.25, 0.3) is 10.0 Å². The summed E-state index contributed by atoms with van der Waals surface area (Å²) in [6.07, 6.45) is 0. The molecule has 1 aromatic rings. The third-order valence-corrected chi connectivity index (χ3v) is 5.64. The number of fused-ring (bicyclic) bond motifs is 1. The summed E-state index contributed by atoms with van der Waals surface area (Å²) in [5.74, 6) is 0.162. The van der Waals surface area contributed by atoms with Crippen LogP contribution >= 0.6 is 0 Å². The second-order valence-corrected chi connectivity index (χ2v) is 7.76. The number of amidine groups is 1. The maximum Gasteiger partial charge on any atom is 0.285 e. The number of rotatable bonds is 5. The topological polar surface area (TPSA) is 94.1 Å². The fourth-order valence-corrected chi connectivity index (χ4v) is 4.25. The standard InChI is InChI=1S/C16H23N5O3S/c1-20(12-15(22)18-8-11-21-9-6-17-7-10-21)16-13-4-2-3-5-14(13)25(23,24)19-16/h2-5,17H,6-12H2,1H3,(H,18,22). The minimum absolute atomic E-state index is 0.0598. The van der Waals surface area contributed by atoms with E-state index in [4.69, 9.17) is 0 Å². The molecule has 9 heteroatoms. The molecule has 0 bridgehead atoms. The predicted octanol–water partition coefficient (Wildman–Crippen LogP) is -0.911. The first-order valence-corrected chi connectivity index (χ1v) is 9.77. The van der Waals surface area contributed by atoms with E-state index in [0.29, 0.717) is 17.9 Å². The summed E-state index contributed by atoms with van der Waals surface area (Å²) >= 11 is 0. The lowest BCUT2D eigenvalue weighted by Crippen LogP contribution is -2.47. The van der Waals surface area contributed by atoms with E-state index in [1.807, 2.05) is 0 Å². The van der Waals surface area contributed by atoms with Crippen LogP contribution in [0.2, 0.25) is 0 Å². The number of likely N-dealkylation sites (N-methyl/N-ethyl adjacent to an activating group) is 1. The quantitative estimate of drug-likeness (QED) is 0.702. The lowest BCUT2D eigenvalue weighted by molar-refractivity contribution is -0.121. The van der Waals surface area contributed by atoms with E-state index in [0.717, 1.165) is 32.7 Å². The molecule has 0 radical (unpaired) electrons. The van der Waals surface area contributed by atoms with Crippen LogP contribution in [0.25, 0.3) is 0 Å². The highest BCUT2D eigenvalue weighted by Gasteiger charge is 2.30. The molecule has 0 spiro atoms. The van der Waals surface area contributed by atoms with E-state index in [9.17, 15) is 13.2 Å². The van der Waals surface area contributed by atoms with Crippen molar-refractivity contribution < 1.29 is 13.2 Å². The Hall–Kier alpha value is -1.97. The van der Waals surface area contributed by atoms with Gasteiger partial charge in [0, 0.05) is 51.9 Å². The number of amides is 1. The largest absolute Gasteiger partial charge is 0.353 e. The van der Waals surface area contributed by atoms with E-state index < -0.39 is 10.0 Å². The minimum atomic E-state index is -3.67. The first-order chi connectivity index (χ1) is 12.0. The van der Waals surface area contributed by atoms with Crippen molar-refractivity contribution in [2.75, 3.05) is 52.9 Å². The average Bonchev–Trinajstić information content (AvgIpc) is 2.88. The van der Waals surface area contributed by atoms with Gasteiger partial charge >= 0.3 is 0 Å². The number of piperazine rings is 1. The Morgan fingerprint density at radius 2 is 2.04 bits per heavy atom. The second kappa shape index (κ2) is 7.51. The van der Waals surface area contributed by atoms with E-state index in [2.05, 4.69) is 19.9 Å². The number of carbonyl (C=O) groups is 1. The first-order valence-electron chi connectivity index (χ1n) is 8.33. The van der Waals surface area contributed by atoms with Crippen LogP contribution in [0.15, 0.2) is 33.6 Å². The van der Waals surface area contributed by atoms with Crippen LogP contribution in [0, 0.1) is 0 Å². The van der Waals surface area contributed by atoms with Crippen LogP contribution < -0.4 is 10.6 Å². The summed E-state index contributed by atoms with van der Waals surface area (Å²) < 4.78 is 28.0. The normalized spacial score (nSPS) is 19.2. The van der Waals surface area contributed by atoms with Gasteiger partial charge in [0.2, 0.25) is 5.91 Å². The molecular formula is C16H23N5O3S. The molecule has 2 aliphatic rings. The number of hydrogen-bond donors (Lipinski definition) is 2. The van der Waals surface area contributed by atoms with E-state index in [1.54, 1.807) is 30.1 Å². The Balaban J connectivity index is 1.54. The van der Waals surface area contributed by atoms with Gasteiger partial charge in [0.1, 0.15) is 4.90 Å². The summed E-state index contributed by atoms with van der Waals surface area (Å²) in [4.78, 5) is 16.2. The molecule has 136 valence electrons. The smallest absolute Gasteiger partial charge is 0.285 e. The van der Waals surface area contributed by atoms with Crippen LogP contribution in [-0.4, -0.2) is 82.8 Å². The molecule has 2 heterocycles. The molecule has 3 rings (SSSR count). The lowest BCUT2D eigenvalue weighted by atomic mass is 10.2. The fourth-order valence-electron chi connectivity index (χ4n) is 3.00. The SMILES string of the molecule is CN(CC(=O)NCCN1CCNCC1)C1=NS(=O)(=O)c2ccccc21. The minimum Gasteiger partial charge on any atom is -0.353 e. The van der Waals surface area contributed by atoms with E-state index in [1.165, 1.54) is 6.07 Å². The van der Waals surface area contributed by atoms with E-state index >= 15 is 0 Å². The van der Waals surface area contributed by atoms with Gasteiger partial charge in [-0.2, -0.15) is 8.42 Å². The summed E-state index contributed by atoms with van der Waals surface area (Å²) in [5.41, 5.74) is 0.540. The van der Waals surface area contributed by atoms with Gasteiger partial charge in [0.05, 0.1) is 6.54 Å². The molecule has 0 atom stereocenters. The monoisotopic (exact) mass is 365 g/mol. The van der Waals surface area contributed by atoms with Crippen LogP contribution in [-0.2, 0) is 14.8 Å². The molecular weight excluding hydrogens is 342 g/mol. The summed E-state index contributed by atoms with van der Waals surface area (Å²) in [7, 11) is -1.99. The molecule has 0 aromatic heterocycles. The Morgan fingerprint density at radius 1 is 1.32 bits per heavy atom. The third kappa shape index (κ3) is 4.17. The summed E-state index contributed by atoms with van der Waals surface area (Å²) in [6.45, 7) is 5.38. The Kier molecular flexibility index (Phi) is 5.36. The van der Waals surface area contributed by atoms with Crippen LogP contribution in [0.3, 0.4) is 0 Å². The van der Waals surface area contributed by atoms with Gasteiger partial charge in [-0.1, -0.05) is 12.1 Å². The molecule has 1 amide bonds. The summed E-state index contributed by atoms with van der Waals surface area (Å²) in [5, 5.41) is 6.17. The molecule has 2 aliphatic heterocycles. The zero-order valence-corrected chi connectivity index (χ0v) is 15.1. The zero-order chi connectivity index (χ0) is 17.9. The number of benzene rings is 1. The van der Waals surface area contributed by atoms with Gasteiger partial charge < -0.3 is 15.5 Å². The Bertz CT molecular complexity index is 772. The highest BCUT2D eigenvalue weighted by Crippen LogP contribution is 2.26. The van der Waals surface area contributed by atoms with Crippen LogP contribution in [0.1, 0.15) is 5.56 Å². The van der Waals surface area contributed by atoms with Crippen molar-refractivity contribution in [1.29, 1.82) is 0 Å². The second-order valence-electron chi connectivity index (χ2n) is 6.18. The fraction of sp³-hybridized carbons (Fsp3) is 0.500. The first kappa shape index (κ1) is 17.8. The number of nitrogens with one attached hydrogen (secondary N) is 2. The Labute approximate surface area is 148 Å². The van der Waals surface area contributed by atoms with Crippen LogP contribution in [0.5, 0.6) is 0 Å². The molecule has 1 saturated heterocycles. The van der Waals surface area contributed by atoms with Crippen molar-refractivity contribution in [3.8, 4) is 0 Å². The van der Waals surface area contributed by atoms with Gasteiger partial charge in [-0.25, -0.2) is 0 Å². The van der Waals surface area contributed by atoms with Crippen molar-refractivity contribution >= 4 is 21.8 Å². The Morgan fingerprint density at radius 3 is 2.80 bits per heavy atom. The molecule has 8 nitrogen and oxygen atoms in total. The van der Waals surface area contributed by atoms with Crippen molar-refractivity contribution in [3.05, 3.63) is 29.8 Å². The predicted molar refractivity (Wildman–Crippen MR) is 95.1 cm³/mol. The molecule has 2 N–H and O–H groups in total. The number of sulfonamides is 1.